The fourth-order valence-electron chi connectivity index (χ4n) is 4.85. The minimum absolute atomic E-state index is 0.361. The molecule has 2 fully saturated rings. The number of nitrogens with one attached hydrogen (secondary N) is 1. The first kappa shape index (κ1) is 15.1. The Morgan fingerprint density at radius 2 is 2.00 bits per heavy atom. The molecule has 3 nitrogen and oxygen atoms in total. The number of rotatable bonds is 4. The topological polar surface area (TPSA) is 39.3 Å². The van der Waals surface area contributed by atoms with Crippen LogP contribution in [0, 0.1) is 5.92 Å². The van der Waals surface area contributed by atoms with Gasteiger partial charge in [-0.25, -0.2) is 0 Å². The summed E-state index contributed by atoms with van der Waals surface area (Å²) in [4.78, 5) is 6.10. The molecule has 1 aliphatic carbocycles. The van der Waals surface area contributed by atoms with E-state index in [1.807, 2.05) is 12.1 Å². The summed E-state index contributed by atoms with van der Waals surface area (Å²) in [5, 5.41) is 10.9. The van der Waals surface area contributed by atoms with Gasteiger partial charge in [-0.2, -0.15) is 0 Å². The van der Waals surface area contributed by atoms with Crippen molar-refractivity contribution in [3.05, 3.63) is 30.0 Å². The van der Waals surface area contributed by atoms with Crippen molar-refractivity contribution >= 4 is 10.9 Å². The maximum absolute atomic E-state index is 9.71. The Labute approximate surface area is 138 Å². The van der Waals surface area contributed by atoms with Gasteiger partial charge in [0, 0.05) is 23.1 Å². The van der Waals surface area contributed by atoms with E-state index in [4.69, 9.17) is 0 Å². The normalized spacial score (nSPS) is 25.6. The zero-order valence-electron chi connectivity index (χ0n) is 13.9. The van der Waals surface area contributed by atoms with E-state index in [1.54, 1.807) is 6.07 Å². The largest absolute Gasteiger partial charge is 0.508 e. The predicted octanol–water partition coefficient (Wildman–Crippen LogP) is 4.46. The highest BCUT2D eigenvalue weighted by Gasteiger charge is 2.32. The second-order valence-corrected chi connectivity index (χ2v) is 7.44. The van der Waals surface area contributed by atoms with Gasteiger partial charge in [-0.15, -0.1) is 0 Å². The quantitative estimate of drug-likeness (QED) is 0.875. The number of aromatic nitrogens is 1. The second-order valence-electron chi connectivity index (χ2n) is 7.44. The van der Waals surface area contributed by atoms with Gasteiger partial charge >= 0.3 is 0 Å². The van der Waals surface area contributed by atoms with Crippen LogP contribution in [0.4, 0.5) is 0 Å². The summed E-state index contributed by atoms with van der Waals surface area (Å²) in [6.07, 6.45) is 13.0. The SMILES string of the molecule is Oc1ccc2[nH]cc(CCCN3CCCC4CCCCC43)c2c1. The highest BCUT2D eigenvalue weighted by molar-refractivity contribution is 5.84. The van der Waals surface area contributed by atoms with Crippen LogP contribution in [0.1, 0.15) is 50.5 Å². The summed E-state index contributed by atoms with van der Waals surface area (Å²) in [6.45, 7) is 2.53. The fourth-order valence-corrected chi connectivity index (χ4v) is 4.85. The van der Waals surface area contributed by atoms with Gasteiger partial charge in [-0.05, 0) is 81.3 Å². The zero-order chi connectivity index (χ0) is 15.6. The Morgan fingerprint density at radius 1 is 1.13 bits per heavy atom. The van der Waals surface area contributed by atoms with E-state index in [0.29, 0.717) is 5.75 Å². The first-order valence-electron chi connectivity index (χ1n) is 9.34. The van der Waals surface area contributed by atoms with E-state index in [1.165, 1.54) is 69.0 Å². The molecule has 4 rings (SSSR count). The van der Waals surface area contributed by atoms with Crippen LogP contribution in [0.15, 0.2) is 24.4 Å². The molecule has 23 heavy (non-hydrogen) atoms. The van der Waals surface area contributed by atoms with E-state index in [-0.39, 0.29) is 0 Å². The molecule has 2 aromatic rings. The van der Waals surface area contributed by atoms with Crippen molar-refractivity contribution < 1.29 is 5.11 Å². The van der Waals surface area contributed by atoms with Crippen molar-refractivity contribution in [2.75, 3.05) is 13.1 Å². The molecule has 0 amide bonds. The average Bonchev–Trinajstić information content (AvgIpc) is 2.97. The lowest BCUT2D eigenvalue weighted by Gasteiger charge is -2.44. The number of fused-ring (bicyclic) bond motifs is 2. The van der Waals surface area contributed by atoms with Crippen LogP contribution in [0.5, 0.6) is 5.75 Å². The highest BCUT2D eigenvalue weighted by atomic mass is 16.3. The summed E-state index contributed by atoms with van der Waals surface area (Å²) in [5.74, 6) is 1.34. The Morgan fingerprint density at radius 3 is 2.96 bits per heavy atom. The van der Waals surface area contributed by atoms with Gasteiger partial charge in [0.1, 0.15) is 5.75 Å². The Balaban J connectivity index is 1.38. The lowest BCUT2D eigenvalue weighted by atomic mass is 9.78. The number of phenolic OH excluding ortho intramolecular Hbond substituents is 1. The van der Waals surface area contributed by atoms with E-state index >= 15 is 0 Å². The molecule has 1 aromatic heterocycles. The van der Waals surface area contributed by atoms with Gasteiger partial charge in [-0.3, -0.25) is 0 Å². The number of aryl methyl sites for hydroxylation is 1. The third-order valence-corrected chi connectivity index (χ3v) is 6.00. The van der Waals surface area contributed by atoms with Crippen molar-refractivity contribution in [2.45, 2.75) is 57.4 Å². The van der Waals surface area contributed by atoms with Gasteiger partial charge in [0.15, 0.2) is 0 Å². The van der Waals surface area contributed by atoms with E-state index in [0.717, 1.165) is 23.9 Å². The van der Waals surface area contributed by atoms with Crippen molar-refractivity contribution in [2.24, 2.45) is 5.92 Å². The summed E-state index contributed by atoms with van der Waals surface area (Å²) < 4.78 is 0. The smallest absolute Gasteiger partial charge is 0.116 e. The molecule has 2 N–H and O–H groups in total. The minimum atomic E-state index is 0.361. The number of aromatic hydroxyl groups is 1. The molecule has 2 atom stereocenters. The molecular formula is C20H28N2O. The molecule has 1 saturated carbocycles. The third kappa shape index (κ3) is 3.12. The highest BCUT2D eigenvalue weighted by Crippen LogP contribution is 2.35. The van der Waals surface area contributed by atoms with Gasteiger partial charge in [0.25, 0.3) is 0 Å². The Bertz CT molecular complexity index is 661. The van der Waals surface area contributed by atoms with Gasteiger partial charge in [-0.1, -0.05) is 12.8 Å². The minimum Gasteiger partial charge on any atom is -0.508 e. The van der Waals surface area contributed by atoms with Crippen LogP contribution in [0.2, 0.25) is 0 Å². The standard InChI is InChI=1S/C20H28N2O/c23-17-9-10-19-18(13-17)16(14-21-19)7-4-12-22-11-3-6-15-5-1-2-8-20(15)22/h9-10,13-15,20-21,23H,1-8,11-12H2. The molecular weight excluding hydrogens is 284 g/mol. The molecule has 2 heterocycles. The van der Waals surface area contributed by atoms with Gasteiger partial charge < -0.3 is 15.0 Å². The van der Waals surface area contributed by atoms with E-state index in [9.17, 15) is 5.11 Å². The first-order valence-corrected chi connectivity index (χ1v) is 9.34. The van der Waals surface area contributed by atoms with Gasteiger partial charge in [0.05, 0.1) is 0 Å². The van der Waals surface area contributed by atoms with Crippen LogP contribution in [0.3, 0.4) is 0 Å². The number of hydrogen-bond acceptors (Lipinski definition) is 2. The van der Waals surface area contributed by atoms with Crippen molar-refractivity contribution in [3.8, 4) is 5.75 Å². The Hall–Kier alpha value is -1.48. The number of aromatic amines is 1. The molecule has 0 spiro atoms. The summed E-state index contributed by atoms with van der Waals surface area (Å²) in [6, 6.07) is 6.47. The average molecular weight is 312 g/mol. The number of likely N-dealkylation sites (tertiary alicyclic amines) is 1. The summed E-state index contributed by atoms with van der Waals surface area (Å²) in [5.41, 5.74) is 2.47. The number of phenols is 1. The number of nitrogens with zero attached hydrogens (tertiary/aromatic N) is 1. The monoisotopic (exact) mass is 312 g/mol. The zero-order valence-corrected chi connectivity index (χ0v) is 13.9. The maximum Gasteiger partial charge on any atom is 0.116 e. The molecule has 0 radical (unpaired) electrons. The van der Waals surface area contributed by atoms with Gasteiger partial charge in [0.2, 0.25) is 0 Å². The van der Waals surface area contributed by atoms with Crippen LogP contribution < -0.4 is 0 Å². The summed E-state index contributed by atoms with van der Waals surface area (Å²) >= 11 is 0. The molecule has 2 unspecified atom stereocenters. The van der Waals surface area contributed by atoms with Crippen molar-refractivity contribution in [1.82, 2.24) is 9.88 Å². The number of H-pyrrole nitrogens is 1. The van der Waals surface area contributed by atoms with Crippen LogP contribution in [-0.2, 0) is 6.42 Å². The van der Waals surface area contributed by atoms with E-state index < -0.39 is 0 Å². The van der Waals surface area contributed by atoms with Crippen molar-refractivity contribution in [3.63, 3.8) is 0 Å². The molecule has 1 aliphatic heterocycles. The Kier molecular flexibility index (Phi) is 4.30. The molecule has 0 bridgehead atoms. The van der Waals surface area contributed by atoms with E-state index in [2.05, 4.69) is 16.1 Å². The third-order valence-electron chi connectivity index (χ3n) is 6.00. The molecule has 1 aromatic carbocycles. The fraction of sp³-hybridized carbons (Fsp3) is 0.600. The van der Waals surface area contributed by atoms with Crippen molar-refractivity contribution in [1.29, 1.82) is 0 Å². The lowest BCUT2D eigenvalue weighted by Crippen LogP contribution is -2.47. The predicted molar refractivity (Wildman–Crippen MR) is 94.8 cm³/mol. The molecule has 124 valence electrons. The lowest BCUT2D eigenvalue weighted by molar-refractivity contribution is 0.0602. The number of piperidine rings is 1. The van der Waals surface area contributed by atoms with Crippen LogP contribution in [-0.4, -0.2) is 34.1 Å². The van der Waals surface area contributed by atoms with Crippen LogP contribution in [0.25, 0.3) is 10.9 Å². The molecule has 1 saturated heterocycles. The number of benzene rings is 1. The second kappa shape index (κ2) is 6.56. The van der Waals surface area contributed by atoms with Crippen LogP contribution >= 0.6 is 0 Å². The summed E-state index contributed by atoms with van der Waals surface area (Å²) in [7, 11) is 0. The number of hydrogen-bond donors (Lipinski definition) is 2. The molecule has 3 heteroatoms. The maximum atomic E-state index is 9.71. The molecule has 2 aliphatic rings. The first-order chi connectivity index (χ1) is 11.3.